The average molecular weight is 549 g/mol. The molecule has 0 atom stereocenters. The Labute approximate surface area is 238 Å². The SMILES string of the molecule is CC1(CCc2ncc(-c3ccc4c(c3)C(F)(F)c3cc(-c5ccc6nc(CC7CCCC7)[nH]c6c5)ccc3-4)[nH]2)CC1. The van der Waals surface area contributed by atoms with Crippen LogP contribution < -0.4 is 0 Å². The van der Waals surface area contributed by atoms with Crippen molar-refractivity contribution in [3.63, 3.8) is 0 Å². The van der Waals surface area contributed by atoms with E-state index in [2.05, 4.69) is 21.9 Å². The van der Waals surface area contributed by atoms with E-state index >= 15 is 8.78 Å². The van der Waals surface area contributed by atoms with Crippen LogP contribution in [0.5, 0.6) is 0 Å². The Morgan fingerprint density at radius 3 is 2.27 bits per heavy atom. The second-order valence-electron chi connectivity index (χ2n) is 12.9. The van der Waals surface area contributed by atoms with Gasteiger partial charge in [0.2, 0.25) is 0 Å². The van der Waals surface area contributed by atoms with E-state index in [1.807, 2.05) is 42.5 Å². The summed E-state index contributed by atoms with van der Waals surface area (Å²) in [5.41, 5.74) is 6.89. The number of alkyl halides is 2. The van der Waals surface area contributed by atoms with Gasteiger partial charge in [0.15, 0.2) is 0 Å². The number of nitrogens with zero attached hydrogens (tertiary/aromatic N) is 2. The molecule has 4 nitrogen and oxygen atoms in total. The molecule has 2 N–H and O–H groups in total. The number of fused-ring (bicyclic) bond motifs is 4. The van der Waals surface area contributed by atoms with Crippen molar-refractivity contribution in [1.29, 1.82) is 0 Å². The molecule has 3 aromatic carbocycles. The quantitative estimate of drug-likeness (QED) is 0.213. The Morgan fingerprint density at radius 1 is 0.829 bits per heavy atom. The third-order valence-corrected chi connectivity index (χ3v) is 9.84. The van der Waals surface area contributed by atoms with Gasteiger partial charge in [-0.05, 0) is 77.1 Å². The highest BCUT2D eigenvalue weighted by Crippen LogP contribution is 2.53. The van der Waals surface area contributed by atoms with Crippen LogP contribution in [-0.4, -0.2) is 19.9 Å². The molecule has 0 radical (unpaired) electrons. The summed E-state index contributed by atoms with van der Waals surface area (Å²) in [7, 11) is 0. The van der Waals surface area contributed by atoms with Gasteiger partial charge in [-0.3, -0.25) is 0 Å². The number of hydrogen-bond donors (Lipinski definition) is 2. The summed E-state index contributed by atoms with van der Waals surface area (Å²) >= 11 is 0. The molecule has 0 spiro atoms. The van der Waals surface area contributed by atoms with Crippen molar-refractivity contribution < 1.29 is 8.78 Å². The maximum Gasteiger partial charge on any atom is 0.299 e. The number of nitrogens with one attached hydrogen (secondary N) is 2. The standard InChI is InChI=1S/C35H34F2N4/c1-34(14-15-34)13-12-32-38-20-31(41-32)24-7-10-26-25-9-6-22(17-27(25)35(36,37)28(26)18-24)23-8-11-29-30(19-23)40-33(39-29)16-21-4-2-3-5-21/h6-11,17-21H,2-5,12-16H2,1H3,(H,38,41)(H,39,40). The Morgan fingerprint density at radius 2 is 1.51 bits per heavy atom. The van der Waals surface area contributed by atoms with Crippen LogP contribution in [0.2, 0.25) is 0 Å². The number of aryl methyl sites for hydroxylation is 1. The van der Waals surface area contributed by atoms with Gasteiger partial charge in [-0.2, -0.15) is 8.78 Å². The van der Waals surface area contributed by atoms with Gasteiger partial charge >= 0.3 is 0 Å². The number of aromatic nitrogens is 4. The van der Waals surface area contributed by atoms with E-state index in [0.717, 1.165) is 64.3 Å². The molecule has 41 heavy (non-hydrogen) atoms. The summed E-state index contributed by atoms with van der Waals surface area (Å²) in [6.45, 7) is 2.31. The van der Waals surface area contributed by atoms with Crippen LogP contribution in [0.25, 0.3) is 44.5 Å². The summed E-state index contributed by atoms with van der Waals surface area (Å²) in [6, 6.07) is 16.9. The molecule has 0 bridgehead atoms. The Kier molecular flexibility index (Phi) is 5.54. The summed E-state index contributed by atoms with van der Waals surface area (Å²) in [5, 5.41) is 0. The summed E-state index contributed by atoms with van der Waals surface area (Å²) in [6.07, 6.45) is 12.5. The summed E-state index contributed by atoms with van der Waals surface area (Å²) < 4.78 is 32.0. The zero-order chi connectivity index (χ0) is 27.8. The van der Waals surface area contributed by atoms with Gasteiger partial charge in [-0.1, -0.05) is 62.9 Å². The molecule has 0 amide bonds. The van der Waals surface area contributed by atoms with Crippen molar-refractivity contribution in [2.75, 3.05) is 0 Å². The first-order valence-electron chi connectivity index (χ1n) is 15.1. The minimum atomic E-state index is -3.08. The number of rotatable bonds is 7. The van der Waals surface area contributed by atoms with E-state index in [-0.39, 0.29) is 11.1 Å². The lowest BCUT2D eigenvalue weighted by Crippen LogP contribution is -2.11. The fourth-order valence-electron chi connectivity index (χ4n) is 6.92. The van der Waals surface area contributed by atoms with Crippen molar-refractivity contribution >= 4 is 11.0 Å². The average Bonchev–Trinajstić information content (AvgIpc) is 3.45. The Bertz CT molecular complexity index is 1790. The smallest absolute Gasteiger partial charge is 0.299 e. The summed E-state index contributed by atoms with van der Waals surface area (Å²) in [5.74, 6) is -0.417. The normalized spacial score (nSPS) is 18.6. The van der Waals surface area contributed by atoms with Crippen LogP contribution in [0.15, 0.2) is 60.8 Å². The second-order valence-corrected chi connectivity index (χ2v) is 12.9. The fourth-order valence-corrected chi connectivity index (χ4v) is 6.92. The lowest BCUT2D eigenvalue weighted by molar-refractivity contribution is 0.0481. The molecule has 2 aromatic heterocycles. The molecule has 2 fully saturated rings. The van der Waals surface area contributed by atoms with Crippen LogP contribution in [0.3, 0.4) is 0 Å². The molecule has 0 unspecified atom stereocenters. The van der Waals surface area contributed by atoms with E-state index in [9.17, 15) is 0 Å². The summed E-state index contributed by atoms with van der Waals surface area (Å²) in [4.78, 5) is 16.2. The highest BCUT2D eigenvalue weighted by atomic mass is 19.3. The zero-order valence-electron chi connectivity index (χ0n) is 23.4. The number of halogens is 2. The van der Waals surface area contributed by atoms with Gasteiger partial charge in [0.1, 0.15) is 11.6 Å². The predicted molar refractivity (Wildman–Crippen MR) is 159 cm³/mol. The molecule has 0 aliphatic heterocycles. The van der Waals surface area contributed by atoms with E-state index in [0.29, 0.717) is 22.5 Å². The Balaban J connectivity index is 1.07. The molecule has 2 saturated carbocycles. The molecule has 2 heterocycles. The van der Waals surface area contributed by atoms with Crippen LogP contribution in [0, 0.1) is 11.3 Å². The van der Waals surface area contributed by atoms with E-state index in [1.165, 1.54) is 38.5 Å². The monoisotopic (exact) mass is 548 g/mol. The van der Waals surface area contributed by atoms with E-state index < -0.39 is 5.92 Å². The molecule has 208 valence electrons. The van der Waals surface area contributed by atoms with Crippen LogP contribution in [-0.2, 0) is 18.8 Å². The van der Waals surface area contributed by atoms with Gasteiger partial charge in [0.25, 0.3) is 5.92 Å². The minimum Gasteiger partial charge on any atom is -0.342 e. The lowest BCUT2D eigenvalue weighted by atomic mass is 9.98. The molecule has 3 aliphatic carbocycles. The highest BCUT2D eigenvalue weighted by Gasteiger charge is 2.44. The zero-order valence-corrected chi connectivity index (χ0v) is 23.4. The first-order valence-corrected chi connectivity index (χ1v) is 15.1. The van der Waals surface area contributed by atoms with Crippen LogP contribution in [0.4, 0.5) is 8.78 Å². The van der Waals surface area contributed by atoms with Crippen molar-refractivity contribution in [1.82, 2.24) is 19.9 Å². The molecule has 8 rings (SSSR count). The predicted octanol–water partition coefficient (Wildman–Crippen LogP) is 9.21. The third kappa shape index (κ3) is 4.39. The molecule has 5 aromatic rings. The maximum absolute atomic E-state index is 16.0. The van der Waals surface area contributed by atoms with Gasteiger partial charge in [0, 0.05) is 29.5 Å². The largest absolute Gasteiger partial charge is 0.342 e. The highest BCUT2D eigenvalue weighted by molar-refractivity contribution is 5.86. The number of aromatic amines is 2. The number of H-pyrrole nitrogens is 2. The van der Waals surface area contributed by atoms with Gasteiger partial charge < -0.3 is 9.97 Å². The minimum absolute atomic E-state index is 0.0596. The number of benzene rings is 3. The molecule has 0 saturated heterocycles. The third-order valence-electron chi connectivity index (χ3n) is 9.84. The Hall–Kier alpha value is -3.80. The van der Waals surface area contributed by atoms with Crippen molar-refractivity contribution in [3.05, 3.63) is 83.6 Å². The topological polar surface area (TPSA) is 57.4 Å². The number of imidazole rings is 2. The van der Waals surface area contributed by atoms with Crippen molar-refractivity contribution in [3.8, 4) is 33.5 Å². The molecular formula is C35H34F2N4. The fraction of sp³-hybridized carbons (Fsp3) is 0.371. The lowest BCUT2D eigenvalue weighted by Gasteiger charge is -2.14. The number of hydrogen-bond acceptors (Lipinski definition) is 2. The maximum atomic E-state index is 16.0. The van der Waals surface area contributed by atoms with Crippen molar-refractivity contribution in [2.24, 2.45) is 11.3 Å². The van der Waals surface area contributed by atoms with Gasteiger partial charge in [0.05, 0.1) is 22.9 Å². The molecular weight excluding hydrogens is 514 g/mol. The molecule has 6 heteroatoms. The van der Waals surface area contributed by atoms with Gasteiger partial charge in [-0.15, -0.1) is 0 Å². The van der Waals surface area contributed by atoms with Crippen molar-refractivity contribution in [2.45, 2.75) is 70.6 Å². The van der Waals surface area contributed by atoms with E-state index in [4.69, 9.17) is 4.98 Å². The first kappa shape index (κ1) is 25.0. The van der Waals surface area contributed by atoms with Crippen LogP contribution >= 0.6 is 0 Å². The first-order chi connectivity index (χ1) is 19.8. The van der Waals surface area contributed by atoms with Crippen LogP contribution in [0.1, 0.15) is 74.6 Å². The van der Waals surface area contributed by atoms with E-state index in [1.54, 1.807) is 18.3 Å². The molecule has 3 aliphatic rings. The van der Waals surface area contributed by atoms with Gasteiger partial charge in [-0.25, -0.2) is 9.97 Å². The second kappa shape index (κ2) is 9.10.